The molecule has 9 heteroatoms. The summed E-state index contributed by atoms with van der Waals surface area (Å²) in [5.41, 5.74) is 4.95. The Hall–Kier alpha value is -3.78. The van der Waals surface area contributed by atoms with Crippen molar-refractivity contribution in [1.29, 1.82) is 0 Å². The predicted octanol–water partition coefficient (Wildman–Crippen LogP) is 5.62. The molecule has 0 aromatic heterocycles. The lowest BCUT2D eigenvalue weighted by Crippen LogP contribution is -2.42. The molecule has 0 radical (unpaired) electrons. The molecule has 0 atom stereocenters. The molecule has 1 aliphatic heterocycles. The molecular formula is C31H38ClN5O3. The first kappa shape index (κ1) is 29.2. The molecule has 4 amide bonds. The van der Waals surface area contributed by atoms with Crippen molar-refractivity contribution in [3.63, 3.8) is 0 Å². The van der Waals surface area contributed by atoms with Crippen molar-refractivity contribution < 1.29 is 14.4 Å². The van der Waals surface area contributed by atoms with E-state index in [1.807, 2.05) is 17.9 Å². The van der Waals surface area contributed by atoms with Crippen molar-refractivity contribution in [2.75, 3.05) is 49.5 Å². The van der Waals surface area contributed by atoms with Crippen LogP contribution in [0.25, 0.3) is 0 Å². The molecule has 1 fully saturated rings. The zero-order valence-corrected chi connectivity index (χ0v) is 24.0. The minimum atomic E-state index is -0.312. The van der Waals surface area contributed by atoms with Crippen molar-refractivity contribution >= 4 is 40.8 Å². The molecule has 1 saturated heterocycles. The van der Waals surface area contributed by atoms with Gasteiger partial charge in [0.05, 0.1) is 11.4 Å². The van der Waals surface area contributed by atoms with Crippen LogP contribution >= 0.6 is 11.6 Å². The standard InChI is InChI=1S/C31H38ClN5O3/c1-3-33-31(40)37-17-5-16-36(18-19-37)28-13-12-25(29(38)34-15-14-23-10-8-22(2)9-11-23)21-27(28)35-30(39)24-6-4-7-26(32)20-24/h4,6-8,10,12-13,20-21H,3,5,9,11,14-19H2,1-2H3,(H,33,40)(H,34,38)(H,35,39). The highest BCUT2D eigenvalue weighted by molar-refractivity contribution is 6.31. The predicted molar refractivity (Wildman–Crippen MR) is 161 cm³/mol. The maximum atomic E-state index is 13.2. The van der Waals surface area contributed by atoms with Crippen molar-refractivity contribution in [2.24, 2.45) is 0 Å². The summed E-state index contributed by atoms with van der Waals surface area (Å²) >= 11 is 6.12. The second-order valence-corrected chi connectivity index (χ2v) is 10.6. The molecule has 8 nitrogen and oxygen atoms in total. The van der Waals surface area contributed by atoms with E-state index in [0.717, 1.165) is 31.4 Å². The van der Waals surface area contributed by atoms with Gasteiger partial charge in [-0.15, -0.1) is 0 Å². The third-order valence-electron chi connectivity index (χ3n) is 7.22. The lowest BCUT2D eigenvalue weighted by atomic mass is 9.97. The summed E-state index contributed by atoms with van der Waals surface area (Å²) in [6.45, 7) is 7.68. The molecule has 40 heavy (non-hydrogen) atoms. The summed E-state index contributed by atoms with van der Waals surface area (Å²) < 4.78 is 0. The number of amides is 4. The molecule has 3 N–H and O–H groups in total. The van der Waals surface area contributed by atoms with Crippen molar-refractivity contribution in [3.05, 3.63) is 81.9 Å². The van der Waals surface area contributed by atoms with Crippen LogP contribution in [0.2, 0.25) is 5.02 Å². The lowest BCUT2D eigenvalue weighted by molar-refractivity contribution is 0.0952. The molecule has 1 heterocycles. The van der Waals surface area contributed by atoms with E-state index in [-0.39, 0.29) is 17.8 Å². The number of urea groups is 1. The second kappa shape index (κ2) is 14.0. The monoisotopic (exact) mass is 563 g/mol. The number of allylic oxidation sites excluding steroid dienone is 3. The fourth-order valence-corrected chi connectivity index (χ4v) is 5.12. The summed E-state index contributed by atoms with van der Waals surface area (Å²) in [5.74, 6) is -0.501. The first-order valence-electron chi connectivity index (χ1n) is 14.0. The number of carbonyl (C=O) groups excluding carboxylic acids is 3. The number of hydrogen-bond acceptors (Lipinski definition) is 4. The number of benzene rings is 2. The SMILES string of the molecule is CCNC(=O)N1CCCN(c2ccc(C(=O)NCCC3=CC=C(C)CC3)cc2NC(=O)c2cccc(Cl)c2)CC1. The van der Waals surface area contributed by atoms with E-state index in [4.69, 9.17) is 11.6 Å². The zero-order chi connectivity index (χ0) is 28.5. The van der Waals surface area contributed by atoms with Gasteiger partial charge < -0.3 is 25.8 Å². The van der Waals surface area contributed by atoms with Gasteiger partial charge in [0.1, 0.15) is 0 Å². The highest BCUT2D eigenvalue weighted by atomic mass is 35.5. The third kappa shape index (κ3) is 7.88. The van der Waals surface area contributed by atoms with Crippen molar-refractivity contribution in [3.8, 4) is 0 Å². The highest BCUT2D eigenvalue weighted by Crippen LogP contribution is 2.29. The maximum Gasteiger partial charge on any atom is 0.317 e. The van der Waals surface area contributed by atoms with E-state index >= 15 is 0 Å². The smallest absolute Gasteiger partial charge is 0.317 e. The Bertz CT molecular complexity index is 1310. The quantitative estimate of drug-likeness (QED) is 0.388. The van der Waals surface area contributed by atoms with Crippen LogP contribution in [0.1, 0.15) is 60.2 Å². The van der Waals surface area contributed by atoms with Gasteiger partial charge in [0.25, 0.3) is 11.8 Å². The topological polar surface area (TPSA) is 93.8 Å². The number of nitrogens with one attached hydrogen (secondary N) is 3. The Morgan fingerprint density at radius 2 is 1.73 bits per heavy atom. The minimum absolute atomic E-state index is 0.0685. The maximum absolute atomic E-state index is 13.2. The van der Waals surface area contributed by atoms with Gasteiger partial charge in [0.15, 0.2) is 0 Å². The number of nitrogens with zero attached hydrogens (tertiary/aromatic N) is 2. The van der Waals surface area contributed by atoms with E-state index in [1.54, 1.807) is 36.4 Å². The van der Waals surface area contributed by atoms with Crippen molar-refractivity contribution in [1.82, 2.24) is 15.5 Å². The summed E-state index contributed by atoms with van der Waals surface area (Å²) in [7, 11) is 0. The Balaban J connectivity index is 1.51. The molecule has 0 unspecified atom stereocenters. The summed E-state index contributed by atoms with van der Waals surface area (Å²) in [6, 6.07) is 12.1. The van der Waals surface area contributed by atoms with Gasteiger partial charge in [0.2, 0.25) is 0 Å². The summed E-state index contributed by atoms with van der Waals surface area (Å²) in [4.78, 5) is 42.6. The Morgan fingerprint density at radius 3 is 2.48 bits per heavy atom. The van der Waals surface area contributed by atoms with Gasteiger partial charge in [-0.2, -0.15) is 0 Å². The largest absolute Gasteiger partial charge is 0.368 e. The van der Waals surface area contributed by atoms with Crippen LogP contribution in [0, 0.1) is 0 Å². The van der Waals surface area contributed by atoms with Gasteiger partial charge in [-0.25, -0.2) is 4.79 Å². The minimum Gasteiger partial charge on any atom is -0.368 e. The van der Waals surface area contributed by atoms with Gasteiger partial charge in [-0.1, -0.05) is 41.0 Å². The Morgan fingerprint density at radius 1 is 0.900 bits per heavy atom. The number of anilines is 2. The van der Waals surface area contributed by atoms with Crippen molar-refractivity contribution in [2.45, 2.75) is 39.5 Å². The van der Waals surface area contributed by atoms with E-state index in [0.29, 0.717) is 61.1 Å². The number of rotatable bonds is 8. The van der Waals surface area contributed by atoms with Crippen LogP contribution in [0.4, 0.5) is 16.2 Å². The molecule has 1 aliphatic carbocycles. The van der Waals surface area contributed by atoms with Gasteiger partial charge in [0, 0.05) is 55.4 Å². The average molecular weight is 564 g/mol. The summed E-state index contributed by atoms with van der Waals surface area (Å²) in [5, 5.41) is 9.36. The van der Waals surface area contributed by atoms with E-state index in [1.165, 1.54) is 11.1 Å². The first-order valence-corrected chi connectivity index (χ1v) is 14.3. The first-order chi connectivity index (χ1) is 19.3. The third-order valence-corrected chi connectivity index (χ3v) is 7.46. The second-order valence-electron chi connectivity index (χ2n) is 10.2. The molecule has 0 saturated carbocycles. The van der Waals surface area contributed by atoms with E-state index in [9.17, 15) is 14.4 Å². The van der Waals surface area contributed by atoms with Crippen LogP contribution in [0.15, 0.2) is 65.8 Å². The Labute approximate surface area is 241 Å². The van der Waals surface area contributed by atoms with Gasteiger partial charge in [-0.05, 0) is 75.9 Å². The fraction of sp³-hybridized carbons (Fsp3) is 0.387. The van der Waals surface area contributed by atoms with Crippen LogP contribution in [-0.2, 0) is 0 Å². The number of halogens is 1. The lowest BCUT2D eigenvalue weighted by Gasteiger charge is -2.26. The Kier molecular flexibility index (Phi) is 10.2. The fourth-order valence-electron chi connectivity index (χ4n) is 4.93. The highest BCUT2D eigenvalue weighted by Gasteiger charge is 2.22. The summed E-state index contributed by atoms with van der Waals surface area (Å²) in [6.07, 6.45) is 7.98. The van der Waals surface area contributed by atoms with Crippen LogP contribution in [0.5, 0.6) is 0 Å². The normalized spacial score (nSPS) is 15.5. The van der Waals surface area contributed by atoms with Crippen LogP contribution in [0.3, 0.4) is 0 Å². The number of carbonyl (C=O) groups is 3. The molecule has 2 aromatic carbocycles. The molecule has 4 rings (SSSR count). The number of hydrogen-bond donors (Lipinski definition) is 3. The van der Waals surface area contributed by atoms with E-state index < -0.39 is 0 Å². The van der Waals surface area contributed by atoms with E-state index in [2.05, 4.69) is 39.9 Å². The molecule has 212 valence electrons. The molecule has 0 spiro atoms. The zero-order valence-electron chi connectivity index (χ0n) is 23.3. The molecule has 2 aromatic rings. The molecule has 2 aliphatic rings. The van der Waals surface area contributed by atoms with Crippen LogP contribution in [-0.4, -0.2) is 62.0 Å². The average Bonchev–Trinajstić information content (AvgIpc) is 3.20. The molecule has 0 bridgehead atoms. The van der Waals surface area contributed by atoms with Gasteiger partial charge >= 0.3 is 6.03 Å². The van der Waals surface area contributed by atoms with Gasteiger partial charge in [-0.3, -0.25) is 9.59 Å². The molecular weight excluding hydrogens is 526 g/mol. The van der Waals surface area contributed by atoms with Crippen LogP contribution < -0.4 is 20.9 Å².